The Labute approximate surface area is 130 Å². The molecule has 6 aliphatic rings. The van der Waals surface area contributed by atoms with E-state index in [4.69, 9.17) is 18.9 Å². The van der Waals surface area contributed by atoms with E-state index in [-0.39, 0.29) is 11.6 Å². The largest absolute Gasteiger partial charge is 0.353 e. The third-order valence-electron chi connectivity index (χ3n) is 10.2. The molecule has 0 aromatic rings. The van der Waals surface area contributed by atoms with Gasteiger partial charge < -0.3 is 18.9 Å². The molecule has 0 radical (unpaired) electrons. The summed E-state index contributed by atoms with van der Waals surface area (Å²) in [4.78, 5) is 0. The van der Waals surface area contributed by atoms with Crippen LogP contribution in [0, 0.1) is 64.6 Å². The molecule has 6 aliphatic carbocycles. The fourth-order valence-electron chi connectivity index (χ4n) is 10.8. The van der Waals surface area contributed by atoms with Crippen LogP contribution in [-0.2, 0) is 18.9 Å². The van der Waals surface area contributed by atoms with Gasteiger partial charge in [0.1, 0.15) is 0 Å². The molecule has 4 bridgehead atoms. The Balaban J connectivity index is 1.48. The first-order valence-corrected chi connectivity index (χ1v) is 8.90. The number of methoxy groups -OCH3 is 4. The maximum absolute atomic E-state index is 6.10. The van der Waals surface area contributed by atoms with Gasteiger partial charge in [-0.15, -0.1) is 0 Å². The van der Waals surface area contributed by atoms with Crippen molar-refractivity contribution in [2.45, 2.75) is 18.0 Å². The second-order valence-electron chi connectivity index (χ2n) is 9.05. The Morgan fingerprint density at radius 2 is 1.32 bits per heavy atom. The zero-order valence-electron chi connectivity index (χ0n) is 13.6. The van der Waals surface area contributed by atoms with Crippen molar-refractivity contribution in [1.82, 2.24) is 0 Å². The molecule has 4 nitrogen and oxygen atoms in total. The van der Waals surface area contributed by atoms with E-state index < -0.39 is 0 Å². The van der Waals surface area contributed by atoms with Crippen LogP contribution in [-0.4, -0.2) is 40.0 Å². The summed E-state index contributed by atoms with van der Waals surface area (Å²) in [7, 11) is 7.51. The fourth-order valence-corrected chi connectivity index (χ4v) is 10.8. The van der Waals surface area contributed by atoms with Crippen molar-refractivity contribution in [3.63, 3.8) is 0 Å². The zero-order chi connectivity index (χ0) is 14.8. The molecule has 0 spiro atoms. The third-order valence-corrected chi connectivity index (χ3v) is 10.2. The standard InChI is InChI=1S/C18H24O4/c1-19-17(20-2)11-6-5-16-12-9(11)8-10(12)15(18(16,21-3)22-4)14(16)7(6)13(8)17/h6-15H,5H2,1-4H3. The lowest BCUT2D eigenvalue weighted by molar-refractivity contribution is -0.381. The van der Waals surface area contributed by atoms with Crippen LogP contribution in [0.1, 0.15) is 6.42 Å². The first-order valence-electron chi connectivity index (χ1n) is 8.90. The molecule has 11 atom stereocenters. The molecule has 6 saturated carbocycles. The summed E-state index contributed by atoms with van der Waals surface area (Å²) in [5.41, 5.74) is 0.335. The SMILES string of the molecule is COC1(OC)C2C3CC45C6C2C2C6C(C4C3C21)C5(OC)OC. The predicted octanol–water partition coefficient (Wildman–Crippen LogP) is 1.60. The van der Waals surface area contributed by atoms with E-state index in [1.165, 1.54) is 6.42 Å². The normalized spacial score (nSPS) is 70.4. The van der Waals surface area contributed by atoms with Gasteiger partial charge in [-0.3, -0.25) is 0 Å². The van der Waals surface area contributed by atoms with Crippen molar-refractivity contribution >= 4 is 0 Å². The van der Waals surface area contributed by atoms with E-state index in [1.54, 1.807) is 0 Å². The highest BCUT2D eigenvalue weighted by atomic mass is 16.7. The Kier molecular flexibility index (Phi) is 1.63. The van der Waals surface area contributed by atoms with Crippen LogP contribution in [0.25, 0.3) is 0 Å². The van der Waals surface area contributed by atoms with Gasteiger partial charge in [-0.1, -0.05) is 0 Å². The monoisotopic (exact) mass is 304 g/mol. The van der Waals surface area contributed by atoms with Gasteiger partial charge >= 0.3 is 0 Å². The molecule has 6 fully saturated rings. The topological polar surface area (TPSA) is 36.9 Å². The van der Waals surface area contributed by atoms with Gasteiger partial charge in [0.25, 0.3) is 0 Å². The minimum absolute atomic E-state index is 0.261. The van der Waals surface area contributed by atoms with Gasteiger partial charge in [0, 0.05) is 51.6 Å². The van der Waals surface area contributed by atoms with E-state index in [0.29, 0.717) is 23.2 Å². The molecule has 22 heavy (non-hydrogen) atoms. The molecule has 0 N–H and O–H groups in total. The molecule has 6 rings (SSSR count). The second-order valence-corrected chi connectivity index (χ2v) is 9.05. The minimum Gasteiger partial charge on any atom is -0.353 e. The van der Waals surface area contributed by atoms with Crippen molar-refractivity contribution in [2.75, 3.05) is 28.4 Å². The summed E-state index contributed by atoms with van der Waals surface area (Å²) >= 11 is 0. The van der Waals surface area contributed by atoms with Crippen molar-refractivity contribution in [3.8, 4) is 0 Å². The van der Waals surface area contributed by atoms with Crippen LogP contribution in [0.15, 0.2) is 0 Å². The lowest BCUT2D eigenvalue weighted by Gasteiger charge is -2.62. The maximum Gasteiger partial charge on any atom is 0.177 e. The summed E-state index contributed by atoms with van der Waals surface area (Å²) in [6, 6.07) is 0. The summed E-state index contributed by atoms with van der Waals surface area (Å²) < 4.78 is 24.4. The highest BCUT2D eigenvalue weighted by Crippen LogP contribution is 3.00. The van der Waals surface area contributed by atoms with Crippen molar-refractivity contribution in [2.24, 2.45) is 64.6 Å². The van der Waals surface area contributed by atoms with Crippen molar-refractivity contribution in [1.29, 1.82) is 0 Å². The van der Waals surface area contributed by atoms with Gasteiger partial charge in [-0.05, 0) is 47.8 Å². The minimum atomic E-state index is -0.270. The predicted molar refractivity (Wildman–Crippen MR) is 75.4 cm³/mol. The third kappa shape index (κ3) is 0.653. The quantitative estimate of drug-likeness (QED) is 0.584. The molecular weight excluding hydrogens is 280 g/mol. The molecule has 0 aromatic heterocycles. The van der Waals surface area contributed by atoms with Crippen LogP contribution >= 0.6 is 0 Å². The number of hydrogen-bond acceptors (Lipinski definition) is 4. The number of fused-ring (bicyclic) bond motifs is 12. The summed E-state index contributed by atoms with van der Waals surface area (Å²) in [5.74, 6) is 7.04. The smallest absolute Gasteiger partial charge is 0.177 e. The van der Waals surface area contributed by atoms with Gasteiger partial charge in [-0.2, -0.15) is 0 Å². The highest BCUT2D eigenvalue weighted by molar-refractivity contribution is 5.46. The summed E-state index contributed by atoms with van der Waals surface area (Å²) in [6.07, 6.45) is 1.29. The first kappa shape index (κ1) is 12.2. The zero-order valence-corrected chi connectivity index (χ0v) is 13.6. The first-order chi connectivity index (χ1) is 10.7. The number of rotatable bonds is 4. The highest BCUT2D eigenvalue weighted by Gasteiger charge is 3.03. The van der Waals surface area contributed by atoms with Crippen molar-refractivity contribution in [3.05, 3.63) is 0 Å². The molecule has 0 aromatic carbocycles. The molecular formula is C18H24O4. The van der Waals surface area contributed by atoms with Gasteiger partial charge in [0.2, 0.25) is 0 Å². The fraction of sp³-hybridized carbons (Fsp3) is 1.00. The summed E-state index contributed by atoms with van der Waals surface area (Å²) in [5, 5.41) is 0. The van der Waals surface area contributed by atoms with Crippen LogP contribution in [0.2, 0.25) is 0 Å². The second kappa shape index (κ2) is 2.94. The average molecular weight is 304 g/mol. The average Bonchev–Trinajstić information content (AvgIpc) is 3.16. The van der Waals surface area contributed by atoms with E-state index >= 15 is 0 Å². The lowest BCUT2D eigenvalue weighted by atomic mass is 9.45. The lowest BCUT2D eigenvalue weighted by Crippen LogP contribution is -2.69. The number of ether oxygens (including phenoxy) is 4. The molecule has 120 valence electrons. The maximum atomic E-state index is 6.10. The van der Waals surface area contributed by atoms with Gasteiger partial charge in [-0.25, -0.2) is 0 Å². The van der Waals surface area contributed by atoms with E-state index in [9.17, 15) is 0 Å². The Morgan fingerprint density at radius 1 is 0.636 bits per heavy atom. The molecule has 0 amide bonds. The van der Waals surface area contributed by atoms with E-state index in [1.807, 2.05) is 28.4 Å². The van der Waals surface area contributed by atoms with Crippen molar-refractivity contribution < 1.29 is 18.9 Å². The Bertz CT molecular complexity index is 600. The van der Waals surface area contributed by atoms with Gasteiger partial charge in [0.05, 0.1) is 0 Å². The van der Waals surface area contributed by atoms with Crippen LogP contribution < -0.4 is 0 Å². The van der Waals surface area contributed by atoms with Gasteiger partial charge in [0.15, 0.2) is 11.6 Å². The van der Waals surface area contributed by atoms with Crippen LogP contribution in [0.3, 0.4) is 0 Å². The molecule has 4 heteroatoms. The Hall–Kier alpha value is -0.160. The molecule has 0 heterocycles. The molecule has 11 unspecified atom stereocenters. The summed E-state index contributed by atoms with van der Waals surface area (Å²) in [6.45, 7) is 0. The molecule has 0 aliphatic heterocycles. The van der Waals surface area contributed by atoms with Crippen LogP contribution in [0.4, 0.5) is 0 Å². The molecule has 0 saturated heterocycles. The number of hydrogen-bond donors (Lipinski definition) is 0. The Morgan fingerprint density at radius 3 is 1.95 bits per heavy atom. The van der Waals surface area contributed by atoms with E-state index in [0.717, 1.165) is 41.4 Å². The van der Waals surface area contributed by atoms with E-state index in [2.05, 4.69) is 0 Å². The van der Waals surface area contributed by atoms with Crippen LogP contribution in [0.5, 0.6) is 0 Å².